The quantitative estimate of drug-likeness (QED) is 0.0545. The number of nitrogens with zero attached hydrogens (tertiary/aromatic N) is 5. The first-order chi connectivity index (χ1) is 40.3. The molecule has 0 bridgehead atoms. The molecule has 19 heteroatoms. The van der Waals surface area contributed by atoms with E-state index in [1.165, 1.54) is 34.9 Å². The minimum absolute atomic E-state index is 0. The predicted molar refractivity (Wildman–Crippen MR) is 323 cm³/mol. The highest BCUT2D eigenvalue weighted by molar-refractivity contribution is 5.89. The van der Waals surface area contributed by atoms with Crippen molar-refractivity contribution >= 4 is 29.9 Å². The van der Waals surface area contributed by atoms with Crippen LogP contribution >= 0.6 is 0 Å². The van der Waals surface area contributed by atoms with Gasteiger partial charge < -0.3 is 45.0 Å². The minimum atomic E-state index is -1.56. The molecule has 460 valence electrons. The zero-order chi connectivity index (χ0) is 61.6. The number of hydrogen-bond acceptors (Lipinski definition) is 12. The number of carbonyl (C=O) groups excluding carboxylic acids is 5. The Balaban J connectivity index is 0.000000281. The number of benzene rings is 6. The smallest absolute Gasteiger partial charge is 0.411 e. The summed E-state index contributed by atoms with van der Waals surface area (Å²) in [6, 6.07) is 41.0. The second kappa shape index (κ2) is 30.1. The molecule has 6 aromatic rings. The Bertz CT molecular complexity index is 3110. The van der Waals surface area contributed by atoms with Crippen molar-refractivity contribution in [1.29, 1.82) is 0 Å². The van der Waals surface area contributed by atoms with Crippen LogP contribution in [0.3, 0.4) is 0 Å². The molecule has 0 aromatic heterocycles. The molecule has 0 radical (unpaired) electrons. The van der Waals surface area contributed by atoms with Crippen LogP contribution < -0.4 is 5.32 Å². The summed E-state index contributed by atoms with van der Waals surface area (Å²) in [4.78, 5) is 74.7. The molecule has 5 amide bonds. The second-order valence-corrected chi connectivity index (χ2v) is 23.5. The number of aromatic hydroxyl groups is 2. The van der Waals surface area contributed by atoms with Crippen molar-refractivity contribution in [3.8, 4) is 11.5 Å². The van der Waals surface area contributed by atoms with Gasteiger partial charge in [-0.2, -0.15) is 0 Å². The monoisotopic (exact) mass is 1180 g/mol. The zero-order valence-corrected chi connectivity index (χ0v) is 49.2. The van der Waals surface area contributed by atoms with Gasteiger partial charge in [0.25, 0.3) is 0 Å². The molecule has 0 aliphatic carbocycles. The van der Waals surface area contributed by atoms with Crippen molar-refractivity contribution in [3.63, 3.8) is 0 Å². The van der Waals surface area contributed by atoms with Gasteiger partial charge >= 0.3 is 12.2 Å². The summed E-state index contributed by atoms with van der Waals surface area (Å²) in [6.07, 6.45) is -4.48. The zero-order valence-electron chi connectivity index (χ0n) is 49.2. The Kier molecular flexibility index (Phi) is 23.4. The number of carbonyl (C=O) groups is 5. The molecule has 2 aliphatic rings. The number of halogens is 2. The summed E-state index contributed by atoms with van der Waals surface area (Å²) >= 11 is 0. The van der Waals surface area contributed by atoms with Crippen LogP contribution in [0.25, 0.3) is 0 Å². The van der Waals surface area contributed by atoms with Crippen LogP contribution in [0.15, 0.2) is 158 Å². The van der Waals surface area contributed by atoms with Gasteiger partial charge in [-0.3, -0.25) is 29.1 Å². The summed E-state index contributed by atoms with van der Waals surface area (Å²) in [5.41, 5.74) is 2.80. The van der Waals surface area contributed by atoms with E-state index in [0.717, 1.165) is 40.5 Å². The Morgan fingerprint density at radius 1 is 0.547 bits per heavy atom. The van der Waals surface area contributed by atoms with Crippen LogP contribution in [-0.4, -0.2) is 149 Å². The van der Waals surface area contributed by atoms with E-state index in [2.05, 4.69) is 5.32 Å². The van der Waals surface area contributed by atoms with Gasteiger partial charge in [-0.15, -0.1) is 0 Å². The maximum atomic E-state index is 14.6. The van der Waals surface area contributed by atoms with Gasteiger partial charge in [0.15, 0.2) is 0 Å². The van der Waals surface area contributed by atoms with Gasteiger partial charge in [0.05, 0.1) is 12.1 Å². The first-order valence-corrected chi connectivity index (χ1v) is 28.4. The Labute approximate surface area is 503 Å². The molecule has 2 aliphatic heterocycles. The summed E-state index contributed by atoms with van der Waals surface area (Å²) in [6.45, 7) is 13.7. The minimum Gasteiger partial charge on any atom is -0.508 e. The molecule has 0 unspecified atom stereocenters. The average molecular weight is 1190 g/mol. The van der Waals surface area contributed by atoms with E-state index in [-0.39, 0.29) is 64.5 Å². The number of amides is 5. The predicted octanol–water partition coefficient (Wildman–Crippen LogP) is 9.38. The van der Waals surface area contributed by atoms with Gasteiger partial charge in [-0.05, 0) is 112 Å². The van der Waals surface area contributed by atoms with Gasteiger partial charge in [-0.25, -0.2) is 18.4 Å². The fourth-order valence-electron chi connectivity index (χ4n) is 10.6. The van der Waals surface area contributed by atoms with Crippen LogP contribution in [-0.2, 0) is 62.9 Å². The fourth-order valence-corrected chi connectivity index (χ4v) is 10.6. The molecule has 2 saturated heterocycles. The number of phenolic OH excluding ortho intramolecular Hbond substituents is 2. The number of phenols is 2. The topological polar surface area (TPSA) is 213 Å². The summed E-state index contributed by atoms with van der Waals surface area (Å²) in [7, 11) is 0. The Morgan fingerprint density at radius 3 is 1.27 bits per heavy atom. The Morgan fingerprint density at radius 2 is 0.907 bits per heavy atom. The largest absolute Gasteiger partial charge is 0.508 e. The number of aliphatic hydroxyl groups is 2. The molecule has 0 saturated carbocycles. The average Bonchev–Trinajstić information content (AvgIpc) is 1.14. The van der Waals surface area contributed by atoms with Gasteiger partial charge in [0, 0.05) is 77.5 Å². The van der Waals surface area contributed by atoms with E-state index in [1.807, 2.05) is 126 Å². The number of nitrogens with one attached hydrogen (secondary N) is 1. The van der Waals surface area contributed by atoms with Crippen LogP contribution in [0.5, 0.6) is 11.5 Å². The molecule has 6 aromatic carbocycles. The molecule has 86 heavy (non-hydrogen) atoms. The number of piperazine rings is 2. The van der Waals surface area contributed by atoms with E-state index < -0.39 is 89.1 Å². The lowest BCUT2D eigenvalue weighted by molar-refractivity contribution is -0.150. The lowest BCUT2D eigenvalue weighted by atomic mass is 9.91. The highest BCUT2D eigenvalue weighted by Crippen LogP contribution is 2.30. The molecular formula is C67H82F2N6O11. The van der Waals surface area contributed by atoms with Crippen molar-refractivity contribution in [2.45, 2.75) is 142 Å². The maximum absolute atomic E-state index is 14.6. The highest BCUT2D eigenvalue weighted by Gasteiger charge is 2.48. The lowest BCUT2D eigenvalue weighted by Crippen LogP contribution is -2.66. The van der Waals surface area contributed by atoms with E-state index in [9.17, 15) is 53.2 Å². The first-order valence-electron chi connectivity index (χ1n) is 28.4. The van der Waals surface area contributed by atoms with Crippen LogP contribution in [0.4, 0.5) is 18.4 Å². The summed E-state index contributed by atoms with van der Waals surface area (Å²) in [5, 5.41) is 46.7. The van der Waals surface area contributed by atoms with E-state index in [1.54, 1.807) is 51.3 Å². The standard InChI is InChI=1S/C39H44FN3O5.C27H34FN3O6.CH4/c1-39(2,3)48-38(47)43-20-19-41(25-28-13-7-4-8-14-28)37(46)35(43)36(45)34(23-31-21-32(40)24-33(44)22-31)42(26-29-15-9-5-10-16-29)27-30-17-11-6-12-18-30;1-17(32)29-22(14-19-12-20(28)15-21(33)13-19)24(34)23-25(35)30(16-18-8-6-5-7-9-18)10-11-31(23)26(36)37-27(2,3)4;/h4-18,21-22,24,34-36,44-45H,19-20,23,25-27H2,1-3H3;5-9,12-13,15,22-24,33-34H,10-11,14,16H2,1-4H3,(H,29,32);1H4/t34-,35-,36-;22-,23-,24-;/m00./s1. The molecule has 17 nitrogen and oxygen atoms in total. The molecule has 8 rings (SSSR count). The van der Waals surface area contributed by atoms with E-state index >= 15 is 0 Å². The fraction of sp³-hybridized carbons (Fsp3) is 0.388. The normalized spacial score (nSPS) is 16.9. The molecular weight excluding hydrogens is 1100 g/mol. The van der Waals surface area contributed by atoms with E-state index in [4.69, 9.17) is 9.47 Å². The third-order valence-electron chi connectivity index (χ3n) is 14.3. The third kappa shape index (κ3) is 19.3. The van der Waals surface area contributed by atoms with Gasteiger partial charge in [-0.1, -0.05) is 129 Å². The van der Waals surface area contributed by atoms with Crippen LogP contribution in [0.2, 0.25) is 0 Å². The summed E-state index contributed by atoms with van der Waals surface area (Å²) < 4.78 is 39.8. The van der Waals surface area contributed by atoms with Gasteiger partial charge in [0.2, 0.25) is 17.7 Å². The Hall–Kier alpha value is -8.39. The molecule has 6 atom stereocenters. The van der Waals surface area contributed by atoms with Crippen molar-refractivity contribution in [3.05, 3.63) is 203 Å². The van der Waals surface area contributed by atoms with Crippen LogP contribution in [0.1, 0.15) is 89.3 Å². The lowest BCUT2D eigenvalue weighted by Gasteiger charge is -2.46. The molecule has 2 heterocycles. The van der Waals surface area contributed by atoms with Crippen molar-refractivity contribution < 1.29 is 62.7 Å². The summed E-state index contributed by atoms with van der Waals surface area (Å²) in [5.74, 6) is -3.27. The number of hydrogen-bond donors (Lipinski definition) is 5. The number of ether oxygens (including phenoxy) is 2. The molecule has 0 spiro atoms. The first kappa shape index (κ1) is 66.7. The van der Waals surface area contributed by atoms with Crippen molar-refractivity contribution in [2.24, 2.45) is 0 Å². The maximum Gasteiger partial charge on any atom is 0.411 e. The number of aliphatic hydroxyl groups excluding tert-OH is 2. The van der Waals surface area contributed by atoms with Crippen molar-refractivity contribution in [2.75, 3.05) is 26.2 Å². The SMILES string of the molecule is C.CC(=O)N[C@@H](Cc1cc(O)cc(F)c1)[C@H](O)[C@H]1C(=O)N(Cc2ccccc2)CCN1C(=O)OC(C)(C)C.CC(C)(C)OC(=O)N1CCN(Cc2ccccc2)C(=O)[C@@H]1[C@@H](O)[C@H](Cc1cc(O)cc(F)c1)N(Cc1ccccc1)Cc1ccccc1. The van der Waals surface area contributed by atoms with E-state index in [0.29, 0.717) is 30.8 Å². The van der Waals surface area contributed by atoms with Gasteiger partial charge in [0.1, 0.15) is 52.5 Å². The van der Waals surface area contributed by atoms with Crippen molar-refractivity contribution in [1.82, 2.24) is 29.8 Å². The number of rotatable bonds is 18. The third-order valence-corrected chi connectivity index (χ3v) is 14.3. The molecule has 5 N–H and O–H groups in total. The molecule has 2 fully saturated rings. The van der Waals surface area contributed by atoms with Crippen LogP contribution in [0, 0.1) is 11.6 Å². The second-order valence-electron chi connectivity index (χ2n) is 23.5. The highest BCUT2D eigenvalue weighted by atomic mass is 19.1.